The molecule has 6 nitrogen and oxygen atoms in total. The molecule has 5 aromatic rings. The number of aromatic nitrogens is 6. The Hall–Kier alpha value is -3.57. The van der Waals surface area contributed by atoms with Gasteiger partial charge in [0.25, 0.3) is 0 Å². The molecule has 0 spiro atoms. The van der Waals surface area contributed by atoms with Crippen LogP contribution in [0.1, 0.15) is 0 Å². The largest absolute Gasteiger partial charge is 3.00 e. The van der Waals surface area contributed by atoms with E-state index in [-0.39, 0.29) is 19.5 Å². The molecule has 0 aliphatic rings. The Morgan fingerprint density at radius 1 is 0.467 bits per heavy atom. The van der Waals surface area contributed by atoms with Crippen molar-refractivity contribution in [2.75, 3.05) is 0 Å². The Morgan fingerprint density at radius 3 is 1.00 bits per heavy atom. The van der Waals surface area contributed by atoms with Crippen LogP contribution in [0.2, 0.25) is 0 Å². The summed E-state index contributed by atoms with van der Waals surface area (Å²) in [7, 11) is 0. The van der Waals surface area contributed by atoms with Gasteiger partial charge in [-0.1, -0.05) is 43.0 Å². The van der Waals surface area contributed by atoms with Gasteiger partial charge in [-0.25, -0.2) is 0 Å². The molecule has 5 heterocycles. The fourth-order valence-electron chi connectivity index (χ4n) is 2.25. The number of nitrogens with zero attached hydrogens (tertiary/aromatic N) is 6. The summed E-state index contributed by atoms with van der Waals surface area (Å²) in [5.41, 5.74) is 3.66. The van der Waals surface area contributed by atoms with Crippen molar-refractivity contribution in [1.29, 1.82) is 0 Å². The van der Waals surface area contributed by atoms with Gasteiger partial charge in [-0.15, -0.1) is 0 Å². The van der Waals surface area contributed by atoms with Crippen LogP contribution >= 0.6 is 0 Å². The molecule has 0 N–H and O–H groups in total. The van der Waals surface area contributed by atoms with Gasteiger partial charge in [-0.3, -0.25) is 19.9 Å². The van der Waals surface area contributed by atoms with Crippen LogP contribution in [0.25, 0.3) is 22.8 Å². The predicted octanol–water partition coefficient (Wildman–Crippen LogP) is 4.32. The van der Waals surface area contributed by atoms with Crippen LogP contribution in [0.5, 0.6) is 0 Å². The van der Waals surface area contributed by atoms with Crippen LogP contribution in [0.15, 0.2) is 116 Å². The molecule has 5 rings (SSSR count). The van der Waals surface area contributed by atoms with E-state index >= 15 is 0 Å². The molecule has 0 aromatic carbocycles. The maximum Gasteiger partial charge on any atom is 3.00 e. The first kappa shape index (κ1) is 22.7. The van der Waals surface area contributed by atoms with Crippen LogP contribution in [0.4, 0.5) is 0 Å². The second-order valence-corrected chi connectivity index (χ2v) is 5.57. The molecule has 1 radical (unpaired) electrons. The molecule has 147 valence electrons. The number of rotatable bonds is 2. The van der Waals surface area contributed by atoms with Crippen molar-refractivity contribution in [2.45, 2.75) is 0 Å². The molecule has 0 aliphatic carbocycles. The van der Waals surface area contributed by atoms with Gasteiger partial charge in [-0.2, -0.15) is 0 Å². The predicted molar refractivity (Wildman–Crippen MR) is 112 cm³/mol. The molecular weight excluding hydrogens is 461 g/mol. The van der Waals surface area contributed by atoms with Crippen molar-refractivity contribution < 1.29 is 19.5 Å². The van der Waals surface area contributed by atoms with Crippen LogP contribution in [0.3, 0.4) is 0 Å². The molecule has 0 bridgehead atoms. The van der Waals surface area contributed by atoms with Crippen molar-refractivity contribution in [3.63, 3.8) is 0 Å². The van der Waals surface area contributed by atoms with Gasteiger partial charge in [0, 0.05) is 24.8 Å². The van der Waals surface area contributed by atoms with E-state index < -0.39 is 0 Å². The average Bonchev–Trinajstić information content (AvgIpc) is 3.42. The molecule has 5 aromatic heterocycles. The molecule has 7 heteroatoms. The van der Waals surface area contributed by atoms with E-state index in [1.807, 2.05) is 72.8 Å². The van der Waals surface area contributed by atoms with Gasteiger partial charge in [0.1, 0.15) is 0 Å². The van der Waals surface area contributed by atoms with E-state index in [0.717, 1.165) is 22.8 Å². The van der Waals surface area contributed by atoms with Crippen molar-refractivity contribution in [3.8, 4) is 22.8 Å². The monoisotopic (exact) mass is 481 g/mol. The van der Waals surface area contributed by atoms with E-state index in [1.54, 1.807) is 37.2 Å². The van der Waals surface area contributed by atoms with E-state index in [4.69, 9.17) is 0 Å². The zero-order valence-corrected chi connectivity index (χ0v) is 17.7. The molecule has 0 unspecified atom stereocenters. The fraction of sp³-hybridized carbons (Fsp3) is 0. The van der Waals surface area contributed by atoms with Crippen molar-refractivity contribution in [3.05, 3.63) is 116 Å². The third-order valence-electron chi connectivity index (χ3n) is 3.56. The summed E-state index contributed by atoms with van der Waals surface area (Å²) in [6, 6.07) is 23.2. The Bertz CT molecular complexity index is 861. The van der Waals surface area contributed by atoms with E-state index in [0.29, 0.717) is 0 Å². The summed E-state index contributed by atoms with van der Waals surface area (Å²) >= 11 is 0. The molecule has 0 aliphatic heterocycles. The van der Waals surface area contributed by atoms with Crippen molar-refractivity contribution in [1.82, 2.24) is 29.9 Å². The first-order valence-corrected chi connectivity index (χ1v) is 8.95. The summed E-state index contributed by atoms with van der Waals surface area (Å²) in [6.07, 6.45) is 11.8. The summed E-state index contributed by atoms with van der Waals surface area (Å²) in [4.78, 5) is 24.0. The minimum absolute atomic E-state index is 0. The third-order valence-corrected chi connectivity index (χ3v) is 3.56. The van der Waals surface area contributed by atoms with Gasteiger partial charge in [-0.05, 0) is 48.5 Å². The molecule has 0 amide bonds. The Labute approximate surface area is 188 Å². The Kier molecular flexibility index (Phi) is 10.3. The van der Waals surface area contributed by atoms with E-state index in [9.17, 15) is 0 Å². The summed E-state index contributed by atoms with van der Waals surface area (Å²) < 4.78 is 0. The van der Waals surface area contributed by atoms with Gasteiger partial charge in [0.2, 0.25) is 0 Å². The second-order valence-electron chi connectivity index (χ2n) is 5.57. The van der Waals surface area contributed by atoms with Gasteiger partial charge >= 0.3 is 19.5 Å². The molecule has 0 atom stereocenters. The van der Waals surface area contributed by atoms with Crippen molar-refractivity contribution >= 4 is 0 Å². The second kappa shape index (κ2) is 13.6. The first-order valence-electron chi connectivity index (χ1n) is 8.95. The van der Waals surface area contributed by atoms with Crippen LogP contribution < -0.4 is 4.98 Å². The van der Waals surface area contributed by atoms with E-state index in [2.05, 4.69) is 29.9 Å². The van der Waals surface area contributed by atoms with Crippen molar-refractivity contribution in [2.24, 2.45) is 0 Å². The maximum atomic E-state index is 4.19. The van der Waals surface area contributed by atoms with Gasteiger partial charge in [0.15, 0.2) is 0 Å². The maximum absolute atomic E-state index is 4.19. The number of hydrogen-bond acceptors (Lipinski definition) is 5. The van der Waals surface area contributed by atoms with Gasteiger partial charge in [0.05, 0.1) is 22.8 Å². The quantitative estimate of drug-likeness (QED) is 0.350. The molecule has 0 fully saturated rings. The smallest absolute Gasteiger partial charge is 0.450 e. The molecular formula is C23H19N6Ru+2. The standard InChI is InChI=1S/2C10H8N2.C3H3N2.Ru/c2*1-3-7-11-9(5-1)10-6-2-4-8-12-10;1-2-5-3-4-1;/h2*1-8H;1-3H;/q;;-1;+3. The van der Waals surface area contributed by atoms with Gasteiger partial charge < -0.3 is 9.97 Å². The third kappa shape index (κ3) is 7.82. The summed E-state index contributed by atoms with van der Waals surface area (Å²) in [6.45, 7) is 0. The molecule has 0 saturated heterocycles. The summed E-state index contributed by atoms with van der Waals surface area (Å²) in [5, 5.41) is 0. The number of pyridine rings is 4. The van der Waals surface area contributed by atoms with Crippen LogP contribution in [-0.4, -0.2) is 24.9 Å². The molecule has 30 heavy (non-hydrogen) atoms. The zero-order valence-electron chi connectivity index (χ0n) is 16.0. The zero-order chi connectivity index (χ0) is 20.0. The van der Waals surface area contributed by atoms with E-state index in [1.165, 1.54) is 6.33 Å². The number of imidazole rings is 1. The SMILES string of the molecule is [Ru+3].c1c[n-]cn1.c1ccc(-c2ccccn2)nc1.c1ccc(-c2ccccn2)nc1. The Morgan fingerprint density at radius 2 is 0.833 bits per heavy atom. The van der Waals surface area contributed by atoms with Crippen LogP contribution in [-0.2, 0) is 19.5 Å². The topological polar surface area (TPSA) is 78.5 Å². The summed E-state index contributed by atoms with van der Waals surface area (Å²) in [5.74, 6) is 0. The Balaban J connectivity index is 0.000000170. The minimum Gasteiger partial charge on any atom is -0.450 e. The number of hydrogen-bond donors (Lipinski definition) is 0. The van der Waals surface area contributed by atoms with Crippen LogP contribution in [0, 0.1) is 0 Å². The fourth-order valence-corrected chi connectivity index (χ4v) is 2.25. The normalized spacial score (nSPS) is 9.07. The average molecular weight is 481 g/mol. The minimum atomic E-state index is 0. The first-order chi connectivity index (χ1) is 14.4. The molecule has 0 saturated carbocycles.